The second-order valence-electron chi connectivity index (χ2n) is 3.69. The molecule has 0 fully saturated rings. The van der Waals surface area contributed by atoms with Gasteiger partial charge in [-0.05, 0) is 18.0 Å². The number of thiophene rings is 1. The molecule has 0 radical (unpaired) electrons. The van der Waals surface area contributed by atoms with Gasteiger partial charge in [-0.1, -0.05) is 18.8 Å². The lowest BCUT2D eigenvalue weighted by atomic mass is 10.2. The number of hydrogen-bond donors (Lipinski definition) is 2. The molecule has 1 rings (SSSR count). The zero-order valence-electron chi connectivity index (χ0n) is 10.7. The number of aliphatic hydroxyl groups excluding tert-OH is 1. The van der Waals surface area contributed by atoms with E-state index < -0.39 is 0 Å². The molecule has 18 heavy (non-hydrogen) atoms. The molecule has 1 aromatic rings. The Bertz CT molecular complexity index is 445. The van der Waals surface area contributed by atoms with Crippen LogP contribution in [0.5, 0.6) is 0 Å². The van der Waals surface area contributed by atoms with E-state index in [1.165, 1.54) is 0 Å². The molecule has 1 amide bonds. The average molecular weight is 266 g/mol. The maximum atomic E-state index is 11.4. The molecule has 0 unspecified atom stereocenters. The summed E-state index contributed by atoms with van der Waals surface area (Å²) in [5, 5.41) is 13.3. The minimum Gasteiger partial charge on any atom is -0.384 e. The highest BCUT2D eigenvalue weighted by atomic mass is 32.1. The van der Waals surface area contributed by atoms with Crippen LogP contribution in [-0.2, 0) is 11.3 Å². The lowest BCUT2D eigenvalue weighted by Crippen LogP contribution is -2.35. The predicted octanol–water partition coefficient (Wildman–Crippen LogP) is 0.660. The Kier molecular flexibility index (Phi) is 6.44. The molecule has 0 aliphatic heterocycles. The number of amides is 1. The molecular formula is C13H18N2O2S. The minimum absolute atomic E-state index is 0.0106. The summed E-state index contributed by atoms with van der Waals surface area (Å²) >= 11 is 1.62. The monoisotopic (exact) mass is 266 g/mol. The molecule has 0 bridgehead atoms. The van der Waals surface area contributed by atoms with Crippen molar-refractivity contribution in [3.05, 3.63) is 21.9 Å². The van der Waals surface area contributed by atoms with Gasteiger partial charge in [0.05, 0.1) is 6.54 Å². The highest BCUT2D eigenvalue weighted by molar-refractivity contribution is 7.10. The Labute approximate surface area is 112 Å². The van der Waals surface area contributed by atoms with Crippen LogP contribution in [0.2, 0.25) is 0 Å². The van der Waals surface area contributed by atoms with Crippen molar-refractivity contribution >= 4 is 17.2 Å². The van der Waals surface area contributed by atoms with Crippen molar-refractivity contribution in [3.63, 3.8) is 0 Å². The van der Waals surface area contributed by atoms with Gasteiger partial charge in [-0.2, -0.15) is 0 Å². The van der Waals surface area contributed by atoms with E-state index in [2.05, 4.69) is 22.1 Å². The molecule has 1 heterocycles. The first-order chi connectivity index (χ1) is 8.71. The largest absolute Gasteiger partial charge is 0.384 e. The van der Waals surface area contributed by atoms with Gasteiger partial charge in [-0.25, -0.2) is 0 Å². The molecular weight excluding hydrogens is 248 g/mol. The van der Waals surface area contributed by atoms with Gasteiger partial charge in [0.25, 0.3) is 0 Å². The number of likely N-dealkylation sites (N-methyl/N-ethyl adjacent to an activating group) is 2. The zero-order valence-corrected chi connectivity index (χ0v) is 11.5. The van der Waals surface area contributed by atoms with E-state index in [-0.39, 0.29) is 12.5 Å². The summed E-state index contributed by atoms with van der Waals surface area (Å²) in [5.41, 5.74) is 0.935. The van der Waals surface area contributed by atoms with Crippen LogP contribution in [0.4, 0.5) is 0 Å². The van der Waals surface area contributed by atoms with Crippen LogP contribution >= 0.6 is 11.3 Å². The fourth-order valence-corrected chi connectivity index (χ4v) is 2.35. The number of aliphatic hydroxyl groups is 1. The molecule has 2 N–H and O–H groups in total. The number of nitrogens with zero attached hydrogens (tertiary/aromatic N) is 1. The van der Waals surface area contributed by atoms with Crippen molar-refractivity contribution in [1.29, 1.82) is 0 Å². The summed E-state index contributed by atoms with van der Waals surface area (Å²) in [6.45, 7) is 3.79. The summed E-state index contributed by atoms with van der Waals surface area (Å²) in [6, 6.07) is 1.94. The van der Waals surface area contributed by atoms with Crippen molar-refractivity contribution in [2.75, 3.05) is 26.7 Å². The molecule has 1 aromatic heterocycles. The topological polar surface area (TPSA) is 52.6 Å². The van der Waals surface area contributed by atoms with E-state index >= 15 is 0 Å². The summed E-state index contributed by atoms with van der Waals surface area (Å²) in [6.07, 6.45) is 0. The van der Waals surface area contributed by atoms with E-state index in [9.17, 15) is 4.79 Å². The molecule has 0 aromatic carbocycles. The van der Waals surface area contributed by atoms with Crippen molar-refractivity contribution in [2.24, 2.45) is 0 Å². The molecule has 0 aliphatic rings. The first kappa shape index (κ1) is 14.7. The van der Waals surface area contributed by atoms with E-state index in [4.69, 9.17) is 5.11 Å². The van der Waals surface area contributed by atoms with Crippen LogP contribution in [0, 0.1) is 11.8 Å². The van der Waals surface area contributed by atoms with Crippen LogP contribution < -0.4 is 5.32 Å². The van der Waals surface area contributed by atoms with E-state index in [0.717, 1.165) is 17.0 Å². The highest BCUT2D eigenvalue weighted by Crippen LogP contribution is 2.17. The third-order valence-electron chi connectivity index (χ3n) is 2.51. The van der Waals surface area contributed by atoms with Crippen LogP contribution in [0.3, 0.4) is 0 Å². The molecule has 0 aliphatic carbocycles. The van der Waals surface area contributed by atoms with Crippen LogP contribution in [0.1, 0.15) is 17.4 Å². The molecule has 0 saturated heterocycles. The summed E-state index contributed by atoms with van der Waals surface area (Å²) in [5.74, 6) is 5.58. The number of rotatable bonds is 5. The lowest BCUT2D eigenvalue weighted by molar-refractivity contribution is -0.121. The smallest absolute Gasteiger partial charge is 0.233 e. The van der Waals surface area contributed by atoms with Crippen LogP contribution in [0.25, 0.3) is 0 Å². The Morgan fingerprint density at radius 1 is 1.61 bits per heavy atom. The second-order valence-corrected chi connectivity index (χ2v) is 4.69. The molecule has 5 heteroatoms. The highest BCUT2D eigenvalue weighted by Gasteiger charge is 2.11. The van der Waals surface area contributed by atoms with E-state index in [0.29, 0.717) is 13.1 Å². The zero-order chi connectivity index (χ0) is 13.4. The van der Waals surface area contributed by atoms with Crippen LogP contribution in [0.15, 0.2) is 11.4 Å². The van der Waals surface area contributed by atoms with Crippen molar-refractivity contribution < 1.29 is 9.90 Å². The third kappa shape index (κ3) is 4.49. The fraction of sp³-hybridized carbons (Fsp3) is 0.462. The maximum absolute atomic E-state index is 11.4. The van der Waals surface area contributed by atoms with Gasteiger partial charge < -0.3 is 10.4 Å². The molecule has 98 valence electrons. The lowest BCUT2D eigenvalue weighted by Gasteiger charge is -2.18. The SMILES string of the molecule is CCN(CC(=O)NC)Cc1sccc1C#CCO. The number of carbonyl (C=O) groups is 1. The van der Waals surface area contributed by atoms with E-state index in [1.54, 1.807) is 18.4 Å². The summed E-state index contributed by atoms with van der Waals surface area (Å²) in [7, 11) is 1.64. The van der Waals surface area contributed by atoms with Gasteiger partial charge in [0, 0.05) is 24.0 Å². The van der Waals surface area contributed by atoms with Gasteiger partial charge in [0.2, 0.25) is 5.91 Å². The quantitative estimate of drug-likeness (QED) is 0.770. The molecule has 4 nitrogen and oxygen atoms in total. The van der Waals surface area contributed by atoms with Gasteiger partial charge in [0.15, 0.2) is 0 Å². The minimum atomic E-state index is -0.134. The molecule has 0 atom stereocenters. The van der Waals surface area contributed by atoms with E-state index in [1.807, 2.05) is 18.4 Å². The molecule has 0 spiro atoms. The van der Waals surface area contributed by atoms with Crippen molar-refractivity contribution in [1.82, 2.24) is 10.2 Å². The van der Waals surface area contributed by atoms with Crippen LogP contribution in [-0.4, -0.2) is 42.7 Å². The van der Waals surface area contributed by atoms with Gasteiger partial charge in [0.1, 0.15) is 6.61 Å². The van der Waals surface area contributed by atoms with Crippen molar-refractivity contribution in [3.8, 4) is 11.8 Å². The summed E-state index contributed by atoms with van der Waals surface area (Å²) < 4.78 is 0. The Hall–Kier alpha value is -1.35. The molecule has 0 saturated carbocycles. The standard InChI is InChI=1S/C13H18N2O2S/c1-3-15(10-13(17)14-2)9-12-11(5-4-7-16)6-8-18-12/h6,8,16H,3,7,9-10H2,1-2H3,(H,14,17). The number of hydrogen-bond acceptors (Lipinski definition) is 4. The Balaban J connectivity index is 2.70. The van der Waals surface area contributed by atoms with Gasteiger partial charge >= 0.3 is 0 Å². The van der Waals surface area contributed by atoms with Gasteiger partial charge in [-0.15, -0.1) is 11.3 Å². The first-order valence-corrected chi connectivity index (χ1v) is 6.68. The third-order valence-corrected chi connectivity index (χ3v) is 3.41. The normalized spacial score (nSPS) is 10.0. The maximum Gasteiger partial charge on any atom is 0.233 e. The van der Waals surface area contributed by atoms with Crippen molar-refractivity contribution in [2.45, 2.75) is 13.5 Å². The number of carbonyl (C=O) groups excluding carboxylic acids is 1. The first-order valence-electron chi connectivity index (χ1n) is 5.80. The Morgan fingerprint density at radius 2 is 2.39 bits per heavy atom. The second kappa shape index (κ2) is 7.88. The van der Waals surface area contributed by atoms with Gasteiger partial charge in [-0.3, -0.25) is 9.69 Å². The number of nitrogens with one attached hydrogen (secondary N) is 1. The summed E-state index contributed by atoms with van der Waals surface area (Å²) in [4.78, 5) is 14.5. The fourth-order valence-electron chi connectivity index (χ4n) is 1.47. The average Bonchev–Trinajstić information content (AvgIpc) is 2.82. The predicted molar refractivity (Wildman–Crippen MR) is 73.3 cm³/mol. The Morgan fingerprint density at radius 3 is 3.00 bits per heavy atom.